The van der Waals surface area contributed by atoms with Crippen molar-refractivity contribution in [2.24, 2.45) is 5.92 Å². The molecule has 2 unspecified atom stereocenters. The second-order valence-electron chi connectivity index (χ2n) is 5.40. The molecule has 1 aromatic heterocycles. The normalized spacial score (nSPS) is 24.9. The Morgan fingerprint density at radius 2 is 2.15 bits per heavy atom. The van der Waals surface area contributed by atoms with Crippen LogP contribution in [-0.2, 0) is 12.7 Å². The SMILES string of the molecule is CC1CCC(CO)CN1Cc1ncccc1C(F)(F)F. The smallest absolute Gasteiger partial charge is 0.396 e. The molecule has 1 saturated heterocycles. The van der Waals surface area contributed by atoms with Gasteiger partial charge in [0.25, 0.3) is 0 Å². The van der Waals surface area contributed by atoms with Crippen molar-refractivity contribution in [2.75, 3.05) is 13.2 Å². The van der Waals surface area contributed by atoms with E-state index in [1.165, 1.54) is 12.3 Å². The molecule has 1 fully saturated rings. The number of aliphatic hydroxyl groups excluding tert-OH is 1. The zero-order chi connectivity index (χ0) is 14.8. The first-order valence-electron chi connectivity index (χ1n) is 6.77. The maximum atomic E-state index is 12.9. The zero-order valence-electron chi connectivity index (χ0n) is 11.4. The molecule has 0 aromatic carbocycles. The van der Waals surface area contributed by atoms with E-state index in [0.717, 1.165) is 18.9 Å². The van der Waals surface area contributed by atoms with Gasteiger partial charge in [0.05, 0.1) is 11.3 Å². The Morgan fingerprint density at radius 1 is 1.40 bits per heavy atom. The van der Waals surface area contributed by atoms with E-state index in [4.69, 9.17) is 0 Å². The van der Waals surface area contributed by atoms with Gasteiger partial charge in [-0.1, -0.05) is 0 Å². The average molecular weight is 288 g/mol. The first kappa shape index (κ1) is 15.3. The third kappa shape index (κ3) is 3.49. The van der Waals surface area contributed by atoms with Gasteiger partial charge in [-0.05, 0) is 37.8 Å². The van der Waals surface area contributed by atoms with Crippen LogP contribution < -0.4 is 0 Å². The van der Waals surface area contributed by atoms with Gasteiger partial charge in [0, 0.05) is 31.9 Å². The summed E-state index contributed by atoms with van der Waals surface area (Å²) in [5.74, 6) is 0.143. The van der Waals surface area contributed by atoms with Crippen LogP contribution in [0.3, 0.4) is 0 Å². The molecule has 6 heteroatoms. The molecule has 2 rings (SSSR count). The fourth-order valence-electron chi connectivity index (χ4n) is 2.65. The monoisotopic (exact) mass is 288 g/mol. The van der Waals surface area contributed by atoms with E-state index in [1.807, 2.05) is 11.8 Å². The van der Waals surface area contributed by atoms with E-state index in [-0.39, 0.29) is 30.8 Å². The lowest BCUT2D eigenvalue weighted by Crippen LogP contribution is -2.42. The second-order valence-corrected chi connectivity index (χ2v) is 5.40. The number of rotatable bonds is 3. The molecular weight excluding hydrogens is 269 g/mol. The summed E-state index contributed by atoms with van der Waals surface area (Å²) in [6, 6.07) is 2.59. The van der Waals surface area contributed by atoms with Crippen molar-refractivity contribution >= 4 is 0 Å². The van der Waals surface area contributed by atoms with E-state index in [9.17, 15) is 18.3 Å². The predicted molar refractivity (Wildman–Crippen MR) is 68.9 cm³/mol. The van der Waals surface area contributed by atoms with Crippen LogP contribution in [0.15, 0.2) is 18.3 Å². The van der Waals surface area contributed by atoms with E-state index in [1.54, 1.807) is 0 Å². The Hall–Kier alpha value is -1.14. The predicted octanol–water partition coefficient (Wildman–Crippen LogP) is 2.69. The number of nitrogens with zero attached hydrogens (tertiary/aromatic N) is 2. The van der Waals surface area contributed by atoms with Gasteiger partial charge in [-0.3, -0.25) is 9.88 Å². The molecule has 0 bridgehead atoms. The van der Waals surface area contributed by atoms with E-state index in [0.29, 0.717) is 6.54 Å². The lowest BCUT2D eigenvalue weighted by molar-refractivity contribution is -0.138. The summed E-state index contributed by atoms with van der Waals surface area (Å²) in [4.78, 5) is 5.87. The maximum absolute atomic E-state index is 12.9. The van der Waals surface area contributed by atoms with Crippen molar-refractivity contribution < 1.29 is 18.3 Å². The highest BCUT2D eigenvalue weighted by Gasteiger charge is 2.35. The molecule has 0 aliphatic carbocycles. The highest BCUT2D eigenvalue weighted by atomic mass is 19.4. The second kappa shape index (κ2) is 6.10. The molecule has 3 nitrogen and oxygen atoms in total. The Morgan fingerprint density at radius 3 is 2.80 bits per heavy atom. The van der Waals surface area contributed by atoms with Crippen molar-refractivity contribution in [3.63, 3.8) is 0 Å². The molecule has 2 heterocycles. The summed E-state index contributed by atoms with van der Waals surface area (Å²) in [5.41, 5.74) is -0.608. The molecule has 1 aliphatic heterocycles. The van der Waals surface area contributed by atoms with Gasteiger partial charge >= 0.3 is 6.18 Å². The van der Waals surface area contributed by atoms with Crippen LogP contribution in [0.4, 0.5) is 13.2 Å². The van der Waals surface area contributed by atoms with Gasteiger partial charge < -0.3 is 5.11 Å². The fourth-order valence-corrected chi connectivity index (χ4v) is 2.65. The van der Waals surface area contributed by atoms with Gasteiger partial charge in [0.15, 0.2) is 0 Å². The molecule has 0 amide bonds. The first-order valence-corrected chi connectivity index (χ1v) is 6.77. The van der Waals surface area contributed by atoms with Crippen LogP contribution in [0, 0.1) is 5.92 Å². The summed E-state index contributed by atoms with van der Waals surface area (Å²) >= 11 is 0. The number of halogens is 3. The van der Waals surface area contributed by atoms with Crippen LogP contribution in [0.1, 0.15) is 31.0 Å². The Labute approximate surface area is 116 Å². The molecule has 2 atom stereocenters. The van der Waals surface area contributed by atoms with E-state index >= 15 is 0 Å². The van der Waals surface area contributed by atoms with Crippen molar-refractivity contribution in [2.45, 2.75) is 38.5 Å². The third-order valence-corrected chi connectivity index (χ3v) is 3.92. The van der Waals surface area contributed by atoms with Gasteiger partial charge in [-0.15, -0.1) is 0 Å². The first-order chi connectivity index (χ1) is 9.41. The third-order valence-electron chi connectivity index (χ3n) is 3.92. The molecular formula is C14H19F3N2O. The number of likely N-dealkylation sites (tertiary alicyclic amines) is 1. The van der Waals surface area contributed by atoms with Gasteiger partial charge in [-0.25, -0.2) is 0 Å². The van der Waals surface area contributed by atoms with Gasteiger partial charge in [-0.2, -0.15) is 13.2 Å². The van der Waals surface area contributed by atoms with E-state index in [2.05, 4.69) is 4.98 Å². The number of aromatic nitrogens is 1. The molecule has 112 valence electrons. The van der Waals surface area contributed by atoms with Crippen LogP contribution in [-0.4, -0.2) is 34.2 Å². The number of aliphatic hydroxyl groups is 1. The number of hydrogen-bond donors (Lipinski definition) is 1. The van der Waals surface area contributed by atoms with Crippen molar-refractivity contribution in [1.82, 2.24) is 9.88 Å². The minimum Gasteiger partial charge on any atom is -0.396 e. The van der Waals surface area contributed by atoms with E-state index < -0.39 is 11.7 Å². The Kier molecular flexibility index (Phi) is 4.65. The Balaban J connectivity index is 2.17. The van der Waals surface area contributed by atoms with Gasteiger partial charge in [0.1, 0.15) is 0 Å². The number of piperidine rings is 1. The standard InChI is InChI=1S/C14H19F3N2O/c1-10-4-5-11(9-20)7-19(10)8-13-12(14(15,16)17)3-2-6-18-13/h2-3,6,10-11,20H,4-5,7-9H2,1H3. The molecule has 0 saturated carbocycles. The minimum atomic E-state index is -4.38. The molecule has 0 radical (unpaired) electrons. The molecule has 0 spiro atoms. The van der Waals surface area contributed by atoms with Crippen LogP contribution in [0.25, 0.3) is 0 Å². The summed E-state index contributed by atoms with van der Waals surface area (Å²) in [5, 5.41) is 9.22. The summed E-state index contributed by atoms with van der Waals surface area (Å²) in [6.45, 7) is 2.88. The highest BCUT2D eigenvalue weighted by Crippen LogP contribution is 2.32. The fraction of sp³-hybridized carbons (Fsp3) is 0.643. The zero-order valence-corrected chi connectivity index (χ0v) is 11.4. The molecule has 20 heavy (non-hydrogen) atoms. The summed E-state index contributed by atoms with van der Waals surface area (Å²) < 4.78 is 38.8. The minimum absolute atomic E-state index is 0.0606. The summed E-state index contributed by atoms with van der Waals surface area (Å²) in [7, 11) is 0. The van der Waals surface area contributed by atoms with Crippen LogP contribution >= 0.6 is 0 Å². The average Bonchev–Trinajstić information content (AvgIpc) is 2.41. The molecule has 1 N–H and O–H groups in total. The maximum Gasteiger partial charge on any atom is 0.418 e. The topological polar surface area (TPSA) is 36.4 Å². The lowest BCUT2D eigenvalue weighted by atomic mass is 9.94. The molecule has 1 aliphatic rings. The van der Waals surface area contributed by atoms with Gasteiger partial charge in [0.2, 0.25) is 0 Å². The molecule has 1 aromatic rings. The Bertz CT molecular complexity index is 450. The van der Waals surface area contributed by atoms with Crippen molar-refractivity contribution in [3.05, 3.63) is 29.6 Å². The lowest BCUT2D eigenvalue weighted by Gasteiger charge is -2.37. The quantitative estimate of drug-likeness (QED) is 0.929. The summed E-state index contributed by atoms with van der Waals surface area (Å²) in [6.07, 6.45) is -1.18. The number of hydrogen-bond acceptors (Lipinski definition) is 3. The van der Waals surface area contributed by atoms with Crippen LogP contribution in [0.5, 0.6) is 0 Å². The highest BCUT2D eigenvalue weighted by molar-refractivity contribution is 5.23. The number of alkyl halides is 3. The van der Waals surface area contributed by atoms with Crippen molar-refractivity contribution in [3.8, 4) is 0 Å². The van der Waals surface area contributed by atoms with Crippen LogP contribution in [0.2, 0.25) is 0 Å². The largest absolute Gasteiger partial charge is 0.418 e. The number of pyridine rings is 1. The van der Waals surface area contributed by atoms with Crippen molar-refractivity contribution in [1.29, 1.82) is 0 Å².